The van der Waals surface area contributed by atoms with Crippen LogP contribution in [0.4, 0.5) is 0 Å². The number of nitrogens with one attached hydrogen (secondary N) is 2. The molecular formula is C16H16N2O2. The molecule has 3 aromatic rings. The van der Waals surface area contributed by atoms with Crippen molar-refractivity contribution < 1.29 is 9.21 Å². The Morgan fingerprint density at radius 2 is 2.25 bits per heavy atom. The van der Waals surface area contributed by atoms with Gasteiger partial charge in [0.15, 0.2) is 0 Å². The smallest absolute Gasteiger partial charge is 0.224 e. The van der Waals surface area contributed by atoms with Gasteiger partial charge in [-0.2, -0.15) is 0 Å². The predicted molar refractivity (Wildman–Crippen MR) is 77.3 cm³/mol. The van der Waals surface area contributed by atoms with Crippen LogP contribution in [0.2, 0.25) is 0 Å². The van der Waals surface area contributed by atoms with Gasteiger partial charge in [0.1, 0.15) is 5.76 Å². The van der Waals surface area contributed by atoms with Crippen molar-refractivity contribution in [3.05, 3.63) is 59.7 Å². The molecule has 1 aromatic carbocycles. The Morgan fingerprint density at radius 1 is 1.35 bits per heavy atom. The molecule has 0 bridgehead atoms. The molecule has 3 rings (SSSR count). The Morgan fingerprint density at radius 3 is 3.05 bits per heavy atom. The molecule has 2 N–H and O–H groups in total. The Kier molecular flexibility index (Phi) is 3.29. The third-order valence-corrected chi connectivity index (χ3v) is 3.31. The molecule has 0 unspecified atom stereocenters. The quantitative estimate of drug-likeness (QED) is 0.764. The largest absolute Gasteiger partial charge is 0.467 e. The molecule has 0 saturated carbocycles. The van der Waals surface area contributed by atoms with Gasteiger partial charge in [0.05, 0.1) is 19.2 Å². The molecule has 0 fully saturated rings. The van der Waals surface area contributed by atoms with Crippen LogP contribution in [-0.4, -0.2) is 10.9 Å². The third kappa shape index (κ3) is 2.59. The first-order chi connectivity index (χ1) is 9.72. The highest BCUT2D eigenvalue weighted by molar-refractivity contribution is 5.89. The minimum atomic E-state index is -0.0112. The molecular weight excluding hydrogens is 252 g/mol. The maximum atomic E-state index is 11.9. The van der Waals surface area contributed by atoms with Crippen molar-refractivity contribution in [2.45, 2.75) is 19.9 Å². The number of carbonyl (C=O) groups excluding carboxylic acids is 1. The van der Waals surface area contributed by atoms with Crippen molar-refractivity contribution in [3.63, 3.8) is 0 Å². The maximum Gasteiger partial charge on any atom is 0.224 e. The van der Waals surface area contributed by atoms with Crippen molar-refractivity contribution in [2.24, 2.45) is 0 Å². The molecule has 20 heavy (non-hydrogen) atoms. The van der Waals surface area contributed by atoms with E-state index in [0.29, 0.717) is 13.0 Å². The summed E-state index contributed by atoms with van der Waals surface area (Å²) < 4.78 is 5.18. The van der Waals surface area contributed by atoms with Crippen LogP contribution in [0.1, 0.15) is 16.9 Å². The zero-order chi connectivity index (χ0) is 13.9. The van der Waals surface area contributed by atoms with Gasteiger partial charge in [0.2, 0.25) is 5.91 Å². The van der Waals surface area contributed by atoms with E-state index in [1.807, 2.05) is 18.3 Å². The van der Waals surface area contributed by atoms with Crippen LogP contribution in [0.5, 0.6) is 0 Å². The van der Waals surface area contributed by atoms with Gasteiger partial charge in [0, 0.05) is 17.1 Å². The number of aromatic amines is 1. The normalized spacial score (nSPS) is 10.8. The molecule has 2 heterocycles. The highest BCUT2D eigenvalue weighted by atomic mass is 16.3. The van der Waals surface area contributed by atoms with Gasteiger partial charge in [-0.1, -0.05) is 12.1 Å². The number of amides is 1. The van der Waals surface area contributed by atoms with E-state index in [1.54, 1.807) is 6.26 Å². The number of rotatable bonds is 4. The number of hydrogen-bond acceptors (Lipinski definition) is 2. The fraction of sp³-hybridized carbons (Fsp3) is 0.188. The summed E-state index contributed by atoms with van der Waals surface area (Å²) in [7, 11) is 0. The molecule has 0 aliphatic heterocycles. The van der Waals surface area contributed by atoms with E-state index in [2.05, 4.69) is 35.4 Å². The van der Waals surface area contributed by atoms with Crippen LogP contribution in [-0.2, 0) is 17.8 Å². The van der Waals surface area contributed by atoms with E-state index in [4.69, 9.17) is 4.42 Å². The van der Waals surface area contributed by atoms with Crippen molar-refractivity contribution in [1.82, 2.24) is 10.3 Å². The van der Waals surface area contributed by atoms with Gasteiger partial charge < -0.3 is 14.7 Å². The van der Waals surface area contributed by atoms with Crippen LogP contribution in [0, 0.1) is 6.92 Å². The summed E-state index contributed by atoms with van der Waals surface area (Å²) in [5.41, 5.74) is 3.28. The monoisotopic (exact) mass is 268 g/mol. The first-order valence-electron chi connectivity index (χ1n) is 6.58. The van der Waals surface area contributed by atoms with E-state index < -0.39 is 0 Å². The second-order valence-corrected chi connectivity index (χ2v) is 4.90. The van der Waals surface area contributed by atoms with Crippen molar-refractivity contribution in [3.8, 4) is 0 Å². The minimum absolute atomic E-state index is 0.0112. The van der Waals surface area contributed by atoms with Crippen LogP contribution < -0.4 is 5.32 Å². The fourth-order valence-electron chi connectivity index (χ4n) is 2.28. The molecule has 0 aliphatic rings. The highest BCUT2D eigenvalue weighted by Crippen LogP contribution is 2.19. The molecule has 1 amide bonds. The molecule has 0 radical (unpaired) electrons. The topological polar surface area (TPSA) is 58.0 Å². The lowest BCUT2D eigenvalue weighted by Gasteiger charge is -2.03. The van der Waals surface area contributed by atoms with E-state index in [-0.39, 0.29) is 5.91 Å². The van der Waals surface area contributed by atoms with Crippen LogP contribution in [0.15, 0.2) is 47.2 Å². The second kappa shape index (κ2) is 5.25. The summed E-state index contributed by atoms with van der Waals surface area (Å²) in [6.45, 7) is 2.48. The van der Waals surface area contributed by atoms with Gasteiger partial charge in [-0.3, -0.25) is 4.79 Å². The van der Waals surface area contributed by atoms with E-state index in [9.17, 15) is 4.79 Å². The zero-order valence-corrected chi connectivity index (χ0v) is 11.3. The average molecular weight is 268 g/mol. The van der Waals surface area contributed by atoms with E-state index >= 15 is 0 Å². The predicted octanol–water partition coefficient (Wildman–Crippen LogP) is 2.93. The number of fused-ring (bicyclic) bond motifs is 1. The van der Waals surface area contributed by atoms with Crippen molar-refractivity contribution in [1.29, 1.82) is 0 Å². The average Bonchev–Trinajstić information content (AvgIpc) is 3.06. The van der Waals surface area contributed by atoms with Crippen molar-refractivity contribution >= 4 is 16.8 Å². The van der Waals surface area contributed by atoms with Crippen LogP contribution >= 0.6 is 0 Å². The summed E-state index contributed by atoms with van der Waals surface area (Å²) in [6.07, 6.45) is 3.86. The molecule has 4 nitrogen and oxygen atoms in total. The Hall–Kier alpha value is -2.49. The number of benzene rings is 1. The van der Waals surface area contributed by atoms with Gasteiger partial charge in [-0.05, 0) is 36.2 Å². The van der Waals surface area contributed by atoms with Crippen LogP contribution in [0.25, 0.3) is 10.9 Å². The van der Waals surface area contributed by atoms with Crippen LogP contribution in [0.3, 0.4) is 0 Å². The summed E-state index contributed by atoms with van der Waals surface area (Å²) in [6, 6.07) is 9.84. The molecule has 0 saturated heterocycles. The second-order valence-electron chi connectivity index (χ2n) is 4.90. The number of aryl methyl sites for hydroxylation is 1. The molecule has 2 aromatic heterocycles. The van der Waals surface area contributed by atoms with Gasteiger partial charge in [-0.15, -0.1) is 0 Å². The van der Waals surface area contributed by atoms with Crippen molar-refractivity contribution in [2.75, 3.05) is 0 Å². The van der Waals surface area contributed by atoms with Gasteiger partial charge in [0.25, 0.3) is 0 Å². The van der Waals surface area contributed by atoms with E-state index in [1.165, 1.54) is 5.56 Å². The molecule has 4 heteroatoms. The highest BCUT2D eigenvalue weighted by Gasteiger charge is 2.09. The van der Waals surface area contributed by atoms with Gasteiger partial charge >= 0.3 is 0 Å². The SMILES string of the molecule is Cc1ccc2c(CC(=O)NCc3ccco3)c[nH]c2c1. The zero-order valence-electron chi connectivity index (χ0n) is 11.3. The lowest BCUT2D eigenvalue weighted by molar-refractivity contribution is -0.120. The summed E-state index contributed by atoms with van der Waals surface area (Å²) >= 11 is 0. The lowest BCUT2D eigenvalue weighted by Crippen LogP contribution is -2.24. The summed E-state index contributed by atoms with van der Waals surface area (Å²) in [5, 5.41) is 3.95. The number of hydrogen-bond donors (Lipinski definition) is 2. The number of furan rings is 1. The molecule has 102 valence electrons. The number of H-pyrrole nitrogens is 1. The fourth-order valence-corrected chi connectivity index (χ4v) is 2.28. The lowest BCUT2D eigenvalue weighted by atomic mass is 10.1. The Bertz CT molecular complexity index is 726. The molecule has 0 atom stereocenters. The van der Waals surface area contributed by atoms with E-state index in [0.717, 1.165) is 22.2 Å². The Labute approximate surface area is 116 Å². The number of aromatic nitrogens is 1. The Balaban J connectivity index is 1.68. The van der Waals surface area contributed by atoms with Gasteiger partial charge in [-0.25, -0.2) is 0 Å². The molecule has 0 aliphatic carbocycles. The number of carbonyl (C=O) groups is 1. The first kappa shape index (κ1) is 12.5. The summed E-state index contributed by atoms with van der Waals surface area (Å²) in [5.74, 6) is 0.746. The standard InChI is InChI=1S/C16H16N2O2/c1-11-4-5-14-12(9-17-15(14)7-11)8-16(19)18-10-13-3-2-6-20-13/h2-7,9,17H,8,10H2,1H3,(H,18,19). The molecule has 0 spiro atoms. The third-order valence-electron chi connectivity index (χ3n) is 3.31. The minimum Gasteiger partial charge on any atom is -0.467 e. The maximum absolute atomic E-state index is 11.9. The first-order valence-corrected chi connectivity index (χ1v) is 6.58. The summed E-state index contributed by atoms with van der Waals surface area (Å²) in [4.78, 5) is 15.2.